The summed E-state index contributed by atoms with van der Waals surface area (Å²) in [5.41, 5.74) is 0.860. The molecule has 3 rings (SSSR count). The number of carbonyl (C=O) groups is 2. The number of hydrogen-bond donors (Lipinski definition) is 1. The van der Waals surface area contributed by atoms with Crippen molar-refractivity contribution in [3.05, 3.63) is 66.2 Å². The van der Waals surface area contributed by atoms with Gasteiger partial charge < -0.3 is 0 Å². The SMILES string of the molecule is CC(=O)O[C@H]1[C@H](OCOCc2ccccc2)[C@@H](NC(=O)C(F)(F)F)[C@H](O[Si](C)(C)C(C)(C)C)O[C@@H]1C[Se]c1ccccc1. The summed E-state index contributed by atoms with van der Waals surface area (Å²) >= 11 is -0.151. The maximum atomic E-state index is 13.5. The molecule has 43 heavy (non-hydrogen) atoms. The molecule has 0 radical (unpaired) electrons. The third-order valence-electron chi connectivity index (χ3n) is 7.33. The molecule has 1 aliphatic heterocycles. The third-order valence-corrected chi connectivity index (χ3v) is 14.1. The fourth-order valence-corrected chi connectivity index (χ4v) is 7.26. The molecule has 2 aromatic carbocycles. The average Bonchev–Trinajstić information content (AvgIpc) is 2.92. The Bertz CT molecular complexity index is 1180. The van der Waals surface area contributed by atoms with E-state index in [9.17, 15) is 22.8 Å². The molecule has 0 saturated carbocycles. The van der Waals surface area contributed by atoms with Crippen molar-refractivity contribution in [1.29, 1.82) is 0 Å². The second-order valence-corrected chi connectivity index (χ2v) is 18.7. The van der Waals surface area contributed by atoms with Gasteiger partial charge >= 0.3 is 259 Å². The van der Waals surface area contributed by atoms with E-state index in [-0.39, 0.29) is 33.4 Å². The van der Waals surface area contributed by atoms with Crippen molar-refractivity contribution in [2.24, 2.45) is 0 Å². The van der Waals surface area contributed by atoms with Crippen molar-refractivity contribution in [2.45, 2.75) is 94.6 Å². The van der Waals surface area contributed by atoms with Crippen LogP contribution < -0.4 is 9.78 Å². The standard InChI is InChI=1S/C30H40F3NO7SeSi/c1-20(35)39-25-23(18-42-22-15-11-8-12-16-22)40-27(41-43(5,6)29(2,3)4)24(34-28(36)30(31,32)33)26(25)38-19-37-17-21-13-9-7-10-14-21/h7-16,23-27H,17-19H2,1-6H3,(H,34,36)/t23-,24-,25-,26-,27+/m1/s1. The Labute approximate surface area is 258 Å². The second-order valence-electron chi connectivity index (χ2n) is 11.7. The second kappa shape index (κ2) is 15.2. The van der Waals surface area contributed by atoms with E-state index in [0.717, 1.165) is 10.0 Å². The molecule has 0 aromatic heterocycles. The molecule has 238 valence electrons. The molecule has 1 fully saturated rings. The number of ether oxygens (including phenoxy) is 4. The van der Waals surface area contributed by atoms with Crippen LogP contribution in [0, 0.1) is 0 Å². The van der Waals surface area contributed by atoms with E-state index in [1.165, 1.54) is 6.92 Å². The van der Waals surface area contributed by atoms with Crippen LogP contribution in [0.25, 0.3) is 0 Å². The Hall–Kier alpha value is -2.25. The van der Waals surface area contributed by atoms with Crippen molar-refractivity contribution in [3.63, 3.8) is 0 Å². The van der Waals surface area contributed by atoms with Gasteiger partial charge in [0.25, 0.3) is 0 Å². The molecular formula is C30H40F3NO7SeSi. The van der Waals surface area contributed by atoms with Crippen LogP contribution >= 0.6 is 0 Å². The Morgan fingerprint density at radius 2 is 1.58 bits per heavy atom. The van der Waals surface area contributed by atoms with Crippen LogP contribution in [0.3, 0.4) is 0 Å². The first kappa shape index (κ1) is 35.2. The van der Waals surface area contributed by atoms with Crippen molar-refractivity contribution in [3.8, 4) is 0 Å². The van der Waals surface area contributed by atoms with Gasteiger partial charge in [-0.2, -0.15) is 0 Å². The number of benzene rings is 2. The summed E-state index contributed by atoms with van der Waals surface area (Å²) in [5, 5.41) is 2.10. The molecule has 1 saturated heterocycles. The monoisotopic (exact) mass is 691 g/mol. The molecule has 2 aromatic rings. The molecule has 0 unspecified atom stereocenters. The van der Waals surface area contributed by atoms with Gasteiger partial charge in [0.1, 0.15) is 0 Å². The van der Waals surface area contributed by atoms with Crippen LogP contribution in [0.15, 0.2) is 60.7 Å². The number of esters is 1. The third kappa shape index (κ3) is 10.4. The van der Waals surface area contributed by atoms with E-state index in [2.05, 4.69) is 0 Å². The predicted octanol–water partition coefficient (Wildman–Crippen LogP) is 4.72. The molecule has 0 aliphatic carbocycles. The van der Waals surface area contributed by atoms with E-state index in [1.54, 1.807) is 0 Å². The average molecular weight is 691 g/mol. The van der Waals surface area contributed by atoms with Crippen LogP contribution in [0.1, 0.15) is 33.3 Å². The van der Waals surface area contributed by atoms with Crippen LogP contribution in [0.4, 0.5) is 13.2 Å². The van der Waals surface area contributed by atoms with Gasteiger partial charge in [-0.3, -0.25) is 0 Å². The minimum absolute atomic E-state index is 0.151. The molecule has 5 atom stereocenters. The van der Waals surface area contributed by atoms with Gasteiger partial charge in [-0.1, -0.05) is 0 Å². The zero-order chi connectivity index (χ0) is 31.8. The first-order valence-corrected chi connectivity index (χ1v) is 18.9. The van der Waals surface area contributed by atoms with Crippen LogP contribution in [-0.4, -0.2) is 78.8 Å². The Morgan fingerprint density at radius 3 is 2.14 bits per heavy atom. The zero-order valence-electron chi connectivity index (χ0n) is 25.2. The fourth-order valence-electron chi connectivity index (χ4n) is 4.08. The summed E-state index contributed by atoms with van der Waals surface area (Å²) in [6, 6.07) is 17.4. The van der Waals surface area contributed by atoms with Gasteiger partial charge in [0.2, 0.25) is 0 Å². The van der Waals surface area contributed by atoms with E-state index >= 15 is 0 Å². The molecule has 1 aliphatic rings. The molecule has 1 heterocycles. The molecule has 1 amide bonds. The number of halogens is 3. The fraction of sp³-hybridized carbons (Fsp3) is 0.533. The van der Waals surface area contributed by atoms with Crippen LogP contribution in [0.5, 0.6) is 0 Å². The molecular weight excluding hydrogens is 650 g/mol. The minimum atomic E-state index is -5.18. The van der Waals surface area contributed by atoms with E-state index < -0.39 is 57.0 Å². The van der Waals surface area contributed by atoms with Gasteiger partial charge in [0, 0.05) is 0 Å². The predicted molar refractivity (Wildman–Crippen MR) is 158 cm³/mol. The number of alkyl halides is 3. The van der Waals surface area contributed by atoms with E-state index in [0.29, 0.717) is 5.32 Å². The number of hydrogen-bond acceptors (Lipinski definition) is 7. The Kier molecular flexibility index (Phi) is 12.4. The maximum absolute atomic E-state index is 13.5. The molecule has 8 nitrogen and oxygen atoms in total. The summed E-state index contributed by atoms with van der Waals surface area (Å²) in [7, 11) is -2.66. The number of carbonyl (C=O) groups excluding carboxylic acids is 2. The Morgan fingerprint density at radius 1 is 0.977 bits per heavy atom. The number of amides is 1. The van der Waals surface area contributed by atoms with Gasteiger partial charge in [-0.05, 0) is 0 Å². The molecule has 13 heteroatoms. The van der Waals surface area contributed by atoms with Gasteiger partial charge in [0.15, 0.2) is 0 Å². The first-order valence-electron chi connectivity index (χ1n) is 13.9. The van der Waals surface area contributed by atoms with E-state index in [1.807, 2.05) is 99.8 Å². The van der Waals surface area contributed by atoms with Crippen LogP contribution in [-0.2, 0) is 39.6 Å². The number of nitrogens with one attached hydrogen (secondary N) is 1. The topological polar surface area (TPSA) is 92.3 Å². The van der Waals surface area contributed by atoms with E-state index in [4.69, 9.17) is 23.4 Å². The molecule has 0 bridgehead atoms. The summed E-state index contributed by atoms with van der Waals surface area (Å²) < 4.78 is 71.9. The molecule has 0 spiro atoms. The molecule has 1 N–H and O–H groups in total. The summed E-state index contributed by atoms with van der Waals surface area (Å²) in [5.74, 6) is -2.86. The summed E-state index contributed by atoms with van der Waals surface area (Å²) in [6.45, 7) is 10.8. The summed E-state index contributed by atoms with van der Waals surface area (Å²) in [6.07, 6.45) is -9.71. The Balaban J connectivity index is 1.97. The van der Waals surface area contributed by atoms with Crippen molar-refractivity contribution in [2.75, 3.05) is 6.79 Å². The van der Waals surface area contributed by atoms with Gasteiger partial charge in [-0.15, -0.1) is 0 Å². The van der Waals surface area contributed by atoms with Crippen molar-refractivity contribution < 1.29 is 46.1 Å². The zero-order valence-corrected chi connectivity index (χ0v) is 27.9. The quantitative estimate of drug-likeness (QED) is 0.149. The normalized spacial score (nSPS) is 23.0. The summed E-state index contributed by atoms with van der Waals surface area (Å²) in [4.78, 5) is 24.6. The van der Waals surface area contributed by atoms with Gasteiger partial charge in [-0.25, -0.2) is 0 Å². The van der Waals surface area contributed by atoms with Crippen molar-refractivity contribution in [1.82, 2.24) is 5.32 Å². The van der Waals surface area contributed by atoms with Crippen LogP contribution in [0.2, 0.25) is 23.5 Å². The number of rotatable bonds is 12. The van der Waals surface area contributed by atoms with Crippen molar-refractivity contribution >= 4 is 39.6 Å². The van der Waals surface area contributed by atoms with Gasteiger partial charge in [0.05, 0.1) is 0 Å². The first-order chi connectivity index (χ1) is 20.1.